The molecule has 1 saturated heterocycles. The average molecular weight is 306 g/mol. The van der Waals surface area contributed by atoms with E-state index in [9.17, 15) is 28.4 Å². The number of alkyl halides is 3. The van der Waals surface area contributed by atoms with E-state index in [0.29, 0.717) is 19.0 Å². The van der Waals surface area contributed by atoms with Crippen LogP contribution in [0.4, 0.5) is 24.5 Å². The standard InChI is InChI=1S/C12H13F3N2O4/c13-12(14,15)10-4-8(16-2-1-9(19)5-16)3-7(6-18)11(10)17(20)21/h3-4,9,18-19H,1-2,5-6H2. The minimum atomic E-state index is -4.90. The van der Waals surface area contributed by atoms with Crippen molar-refractivity contribution in [3.8, 4) is 0 Å². The Kier molecular flexibility index (Phi) is 4.06. The third-order valence-electron chi connectivity index (χ3n) is 3.36. The summed E-state index contributed by atoms with van der Waals surface area (Å²) in [5.74, 6) is 0. The zero-order chi connectivity index (χ0) is 15.8. The fourth-order valence-electron chi connectivity index (χ4n) is 2.39. The summed E-state index contributed by atoms with van der Waals surface area (Å²) in [6, 6.07) is 1.85. The Morgan fingerprint density at radius 1 is 1.43 bits per heavy atom. The van der Waals surface area contributed by atoms with E-state index in [2.05, 4.69) is 0 Å². The largest absolute Gasteiger partial charge is 0.423 e. The summed E-state index contributed by atoms with van der Waals surface area (Å²) in [7, 11) is 0. The van der Waals surface area contributed by atoms with Crippen LogP contribution in [0, 0.1) is 10.1 Å². The van der Waals surface area contributed by atoms with Crippen molar-refractivity contribution in [1.82, 2.24) is 0 Å². The molecule has 0 aliphatic carbocycles. The molecule has 1 heterocycles. The van der Waals surface area contributed by atoms with Crippen molar-refractivity contribution < 1.29 is 28.3 Å². The molecular formula is C12H13F3N2O4. The molecule has 1 unspecified atom stereocenters. The maximum absolute atomic E-state index is 13.0. The number of benzene rings is 1. The van der Waals surface area contributed by atoms with Crippen LogP contribution in [0.3, 0.4) is 0 Å². The number of nitro benzene ring substituents is 1. The summed E-state index contributed by atoms with van der Waals surface area (Å²) in [5.41, 5.74) is -2.82. The minimum Gasteiger partial charge on any atom is -0.391 e. The summed E-state index contributed by atoms with van der Waals surface area (Å²) < 4.78 is 39.0. The highest BCUT2D eigenvalue weighted by atomic mass is 19.4. The fourth-order valence-corrected chi connectivity index (χ4v) is 2.39. The third kappa shape index (κ3) is 3.08. The van der Waals surface area contributed by atoms with Gasteiger partial charge in [0.05, 0.1) is 23.2 Å². The van der Waals surface area contributed by atoms with Crippen LogP contribution in [0.1, 0.15) is 17.5 Å². The number of halogens is 3. The van der Waals surface area contributed by atoms with Crippen LogP contribution in [-0.2, 0) is 12.8 Å². The van der Waals surface area contributed by atoms with Gasteiger partial charge >= 0.3 is 6.18 Å². The van der Waals surface area contributed by atoms with E-state index in [1.165, 1.54) is 4.90 Å². The lowest BCUT2D eigenvalue weighted by Gasteiger charge is -2.20. The first-order valence-corrected chi connectivity index (χ1v) is 6.16. The molecule has 1 aromatic rings. The van der Waals surface area contributed by atoms with Crippen molar-refractivity contribution in [2.45, 2.75) is 25.3 Å². The zero-order valence-corrected chi connectivity index (χ0v) is 10.8. The van der Waals surface area contributed by atoms with E-state index >= 15 is 0 Å². The second-order valence-corrected chi connectivity index (χ2v) is 4.80. The van der Waals surface area contributed by atoms with E-state index in [4.69, 9.17) is 5.11 Å². The maximum Gasteiger partial charge on any atom is 0.423 e. The van der Waals surface area contributed by atoms with Crippen molar-refractivity contribution in [2.24, 2.45) is 0 Å². The van der Waals surface area contributed by atoms with Crippen LogP contribution < -0.4 is 4.90 Å². The number of rotatable bonds is 3. The molecule has 6 nitrogen and oxygen atoms in total. The minimum absolute atomic E-state index is 0.105. The SMILES string of the molecule is O=[N+]([O-])c1c(CO)cc(N2CCC(O)C2)cc1C(F)(F)F. The first-order chi connectivity index (χ1) is 9.74. The van der Waals surface area contributed by atoms with Crippen LogP contribution in [0.25, 0.3) is 0 Å². The van der Waals surface area contributed by atoms with Gasteiger partial charge in [-0.25, -0.2) is 0 Å². The molecular weight excluding hydrogens is 293 g/mol. The molecule has 2 N–H and O–H groups in total. The summed E-state index contributed by atoms with van der Waals surface area (Å²) in [6.45, 7) is -0.370. The first-order valence-electron chi connectivity index (χ1n) is 6.16. The molecule has 0 spiro atoms. The van der Waals surface area contributed by atoms with E-state index in [1.807, 2.05) is 0 Å². The van der Waals surface area contributed by atoms with E-state index in [0.717, 1.165) is 6.07 Å². The molecule has 0 amide bonds. The molecule has 9 heteroatoms. The Morgan fingerprint density at radius 3 is 2.52 bits per heavy atom. The highest BCUT2D eigenvalue weighted by molar-refractivity contribution is 5.61. The van der Waals surface area contributed by atoms with E-state index in [-0.39, 0.29) is 12.2 Å². The third-order valence-corrected chi connectivity index (χ3v) is 3.36. The Hall–Kier alpha value is -1.87. The van der Waals surface area contributed by atoms with Gasteiger partial charge in [-0.15, -0.1) is 0 Å². The lowest BCUT2D eigenvalue weighted by molar-refractivity contribution is -0.389. The van der Waals surface area contributed by atoms with E-state index < -0.39 is 40.6 Å². The second-order valence-electron chi connectivity index (χ2n) is 4.80. The zero-order valence-electron chi connectivity index (χ0n) is 10.8. The molecule has 0 radical (unpaired) electrons. The Balaban J connectivity index is 2.57. The van der Waals surface area contributed by atoms with Gasteiger partial charge in [0.1, 0.15) is 5.56 Å². The molecule has 2 rings (SSSR count). The fraction of sp³-hybridized carbons (Fsp3) is 0.500. The Labute approximate surface area is 117 Å². The van der Waals surface area contributed by atoms with Crippen molar-refractivity contribution in [3.63, 3.8) is 0 Å². The molecule has 1 aromatic carbocycles. The van der Waals surface area contributed by atoms with Gasteiger partial charge in [-0.1, -0.05) is 0 Å². The molecule has 1 fully saturated rings. The van der Waals surface area contributed by atoms with Gasteiger partial charge in [0.15, 0.2) is 0 Å². The summed E-state index contributed by atoms with van der Waals surface area (Å²) >= 11 is 0. The first kappa shape index (κ1) is 15.5. The topological polar surface area (TPSA) is 86.8 Å². The molecule has 0 bridgehead atoms. The number of β-amino-alcohol motifs (C(OH)–C–C–N with tert-alkyl or cyclic N) is 1. The van der Waals surface area contributed by atoms with Crippen molar-refractivity contribution >= 4 is 11.4 Å². The monoisotopic (exact) mass is 306 g/mol. The molecule has 116 valence electrons. The normalized spacial score (nSPS) is 19.1. The van der Waals surface area contributed by atoms with E-state index in [1.54, 1.807) is 0 Å². The van der Waals surface area contributed by atoms with Gasteiger partial charge in [-0.2, -0.15) is 13.2 Å². The van der Waals surface area contributed by atoms with Crippen LogP contribution in [0.15, 0.2) is 12.1 Å². The van der Waals surface area contributed by atoms with Gasteiger partial charge in [0.25, 0.3) is 5.69 Å². The number of hydrogen-bond donors (Lipinski definition) is 2. The lowest BCUT2D eigenvalue weighted by atomic mass is 10.0. The molecule has 21 heavy (non-hydrogen) atoms. The van der Waals surface area contributed by atoms with Crippen LogP contribution in [-0.4, -0.2) is 34.3 Å². The quantitative estimate of drug-likeness (QED) is 0.655. The number of aliphatic hydroxyl groups is 2. The van der Waals surface area contributed by atoms with Crippen LogP contribution >= 0.6 is 0 Å². The second kappa shape index (κ2) is 5.49. The van der Waals surface area contributed by atoms with Crippen LogP contribution in [0.5, 0.6) is 0 Å². The highest BCUT2D eigenvalue weighted by Crippen LogP contribution is 2.41. The van der Waals surface area contributed by atoms with Crippen molar-refractivity contribution in [3.05, 3.63) is 33.4 Å². The molecule has 1 atom stereocenters. The summed E-state index contributed by atoms with van der Waals surface area (Å²) in [4.78, 5) is 11.2. The Bertz CT molecular complexity index is 562. The summed E-state index contributed by atoms with van der Waals surface area (Å²) in [6.07, 6.45) is -5.14. The number of nitro groups is 1. The highest BCUT2D eigenvalue weighted by Gasteiger charge is 2.41. The molecule has 1 aliphatic heterocycles. The smallest absolute Gasteiger partial charge is 0.391 e. The number of anilines is 1. The average Bonchev–Trinajstić information content (AvgIpc) is 2.82. The van der Waals surface area contributed by atoms with Gasteiger partial charge in [-0.05, 0) is 18.6 Å². The van der Waals surface area contributed by atoms with Gasteiger partial charge in [0, 0.05) is 18.8 Å². The number of hydrogen-bond acceptors (Lipinski definition) is 5. The maximum atomic E-state index is 13.0. The van der Waals surface area contributed by atoms with Crippen molar-refractivity contribution in [2.75, 3.05) is 18.0 Å². The Morgan fingerprint density at radius 2 is 2.10 bits per heavy atom. The number of aliphatic hydroxyl groups excluding tert-OH is 2. The predicted molar refractivity (Wildman–Crippen MR) is 66.9 cm³/mol. The van der Waals surface area contributed by atoms with Gasteiger partial charge in [0.2, 0.25) is 0 Å². The van der Waals surface area contributed by atoms with Crippen molar-refractivity contribution in [1.29, 1.82) is 0 Å². The molecule has 1 aliphatic rings. The van der Waals surface area contributed by atoms with Gasteiger partial charge in [-0.3, -0.25) is 10.1 Å². The lowest BCUT2D eigenvalue weighted by Crippen LogP contribution is -2.22. The molecule has 0 aromatic heterocycles. The number of nitrogens with zero attached hydrogens (tertiary/aromatic N) is 2. The summed E-state index contributed by atoms with van der Waals surface area (Å²) in [5, 5.41) is 29.4. The van der Waals surface area contributed by atoms with Crippen LogP contribution in [0.2, 0.25) is 0 Å². The van der Waals surface area contributed by atoms with Gasteiger partial charge < -0.3 is 15.1 Å². The predicted octanol–water partition coefficient (Wildman–Crippen LogP) is 1.68. The molecule has 0 saturated carbocycles.